The quantitative estimate of drug-likeness (QED) is 0.609. The predicted molar refractivity (Wildman–Crippen MR) is 91.2 cm³/mol. The van der Waals surface area contributed by atoms with E-state index in [1.807, 2.05) is 36.4 Å². The lowest BCUT2D eigenvalue weighted by atomic mass is 10.1. The van der Waals surface area contributed by atoms with Crippen LogP contribution in [0, 0.1) is 11.8 Å². The number of benzene rings is 2. The molecule has 22 heavy (non-hydrogen) atoms. The van der Waals surface area contributed by atoms with Crippen molar-refractivity contribution in [3.63, 3.8) is 0 Å². The van der Waals surface area contributed by atoms with E-state index in [0.717, 1.165) is 27.8 Å². The molecule has 0 aromatic heterocycles. The van der Waals surface area contributed by atoms with Crippen molar-refractivity contribution in [2.75, 3.05) is 21.3 Å². The van der Waals surface area contributed by atoms with Crippen LogP contribution in [-0.4, -0.2) is 21.3 Å². The average molecular weight is 361 g/mol. The highest BCUT2D eigenvalue weighted by Crippen LogP contribution is 2.27. The monoisotopic (exact) mass is 360 g/mol. The first-order valence-corrected chi connectivity index (χ1v) is 7.81. The maximum Gasteiger partial charge on any atom is 0.161 e. The predicted octanol–water partition coefficient (Wildman–Crippen LogP) is 4.01. The molecule has 0 fully saturated rings. The summed E-state index contributed by atoms with van der Waals surface area (Å²) in [7, 11) is 4.87. The minimum Gasteiger partial charge on any atom is -0.495 e. The third-order valence-corrected chi connectivity index (χ3v) is 3.79. The molecule has 114 valence electrons. The largest absolute Gasteiger partial charge is 0.495 e. The second-order valence-electron chi connectivity index (χ2n) is 4.49. The Morgan fingerprint density at radius 1 is 0.818 bits per heavy atom. The van der Waals surface area contributed by atoms with E-state index in [4.69, 9.17) is 14.2 Å². The summed E-state index contributed by atoms with van der Waals surface area (Å²) in [5.74, 6) is 8.37. The number of hydrogen-bond donors (Lipinski definition) is 0. The van der Waals surface area contributed by atoms with Crippen molar-refractivity contribution in [1.29, 1.82) is 0 Å². The van der Waals surface area contributed by atoms with Crippen molar-refractivity contribution in [1.82, 2.24) is 0 Å². The molecule has 0 radical (unpaired) electrons. The fourth-order valence-electron chi connectivity index (χ4n) is 1.98. The minimum atomic E-state index is 0.663. The first-order valence-electron chi connectivity index (χ1n) is 6.68. The number of methoxy groups -OCH3 is 3. The highest BCUT2D eigenvalue weighted by atomic mass is 79.9. The van der Waals surface area contributed by atoms with Gasteiger partial charge in [0.15, 0.2) is 11.5 Å². The van der Waals surface area contributed by atoms with Crippen LogP contribution < -0.4 is 14.2 Å². The Bertz CT molecular complexity index is 714. The molecule has 0 aliphatic carbocycles. The molecular weight excluding hydrogens is 344 g/mol. The Balaban J connectivity index is 2.34. The molecule has 0 bridgehead atoms. The molecule has 2 aromatic carbocycles. The summed E-state index contributed by atoms with van der Waals surface area (Å²) in [6.07, 6.45) is 0. The van der Waals surface area contributed by atoms with Gasteiger partial charge in [-0.15, -0.1) is 0 Å². The van der Waals surface area contributed by atoms with Gasteiger partial charge in [0.25, 0.3) is 0 Å². The molecule has 0 unspecified atom stereocenters. The Morgan fingerprint density at radius 3 is 2.18 bits per heavy atom. The topological polar surface area (TPSA) is 27.7 Å². The zero-order valence-corrected chi connectivity index (χ0v) is 14.4. The molecule has 0 aliphatic heterocycles. The van der Waals surface area contributed by atoms with Gasteiger partial charge in [-0.3, -0.25) is 0 Å². The van der Waals surface area contributed by atoms with Gasteiger partial charge in [-0.2, -0.15) is 0 Å². The van der Waals surface area contributed by atoms with Crippen LogP contribution in [0.25, 0.3) is 0 Å². The van der Waals surface area contributed by atoms with E-state index in [1.165, 1.54) is 0 Å². The number of ether oxygens (including phenoxy) is 3. The summed E-state index contributed by atoms with van der Waals surface area (Å²) < 4.78 is 15.9. The van der Waals surface area contributed by atoms with Crippen molar-refractivity contribution in [2.45, 2.75) is 5.33 Å². The summed E-state index contributed by atoms with van der Waals surface area (Å²) in [5, 5.41) is 0.784. The van der Waals surface area contributed by atoms with Gasteiger partial charge in [-0.25, -0.2) is 0 Å². The van der Waals surface area contributed by atoms with Crippen molar-refractivity contribution >= 4 is 15.9 Å². The zero-order chi connectivity index (χ0) is 15.9. The van der Waals surface area contributed by atoms with Crippen LogP contribution in [0.2, 0.25) is 0 Å². The van der Waals surface area contributed by atoms with Gasteiger partial charge in [0.1, 0.15) is 5.75 Å². The van der Waals surface area contributed by atoms with Crippen LogP contribution >= 0.6 is 15.9 Å². The Hall–Kier alpha value is -2.12. The maximum absolute atomic E-state index is 5.39. The summed E-state index contributed by atoms with van der Waals surface area (Å²) in [6, 6.07) is 11.6. The average Bonchev–Trinajstić information content (AvgIpc) is 2.59. The fraction of sp³-hybridized carbons (Fsp3) is 0.222. The van der Waals surface area contributed by atoms with Gasteiger partial charge < -0.3 is 14.2 Å². The first-order chi connectivity index (χ1) is 10.7. The minimum absolute atomic E-state index is 0.663. The third-order valence-electron chi connectivity index (χ3n) is 3.15. The highest BCUT2D eigenvalue weighted by Gasteiger charge is 2.04. The number of hydrogen-bond acceptors (Lipinski definition) is 3. The molecule has 0 aliphatic rings. The summed E-state index contributed by atoms with van der Waals surface area (Å²) >= 11 is 3.43. The van der Waals surface area contributed by atoms with E-state index in [0.29, 0.717) is 11.5 Å². The molecule has 3 nitrogen and oxygen atoms in total. The van der Waals surface area contributed by atoms with E-state index in [9.17, 15) is 0 Å². The van der Waals surface area contributed by atoms with E-state index in [1.54, 1.807) is 21.3 Å². The van der Waals surface area contributed by atoms with Crippen molar-refractivity contribution in [3.8, 4) is 29.1 Å². The second-order valence-corrected chi connectivity index (χ2v) is 5.05. The molecule has 0 amide bonds. The first kappa shape index (κ1) is 16.3. The molecule has 2 rings (SSSR count). The van der Waals surface area contributed by atoms with E-state index in [2.05, 4.69) is 27.8 Å². The number of rotatable bonds is 4. The number of alkyl halides is 1. The van der Waals surface area contributed by atoms with Crippen molar-refractivity contribution < 1.29 is 14.2 Å². The normalized spacial score (nSPS) is 9.64. The molecule has 4 heteroatoms. The molecule has 0 saturated carbocycles. The van der Waals surface area contributed by atoms with Crippen LogP contribution in [0.3, 0.4) is 0 Å². The van der Waals surface area contributed by atoms with Gasteiger partial charge in [-0.05, 0) is 35.9 Å². The maximum atomic E-state index is 5.39. The smallest absolute Gasteiger partial charge is 0.161 e. The second kappa shape index (κ2) is 7.77. The van der Waals surface area contributed by atoms with Gasteiger partial charge in [-0.1, -0.05) is 33.8 Å². The van der Waals surface area contributed by atoms with Crippen molar-refractivity contribution in [3.05, 3.63) is 53.1 Å². The molecule has 0 heterocycles. The molecule has 0 N–H and O–H groups in total. The third kappa shape index (κ3) is 3.75. The lowest BCUT2D eigenvalue weighted by Gasteiger charge is -2.07. The van der Waals surface area contributed by atoms with E-state index in [-0.39, 0.29) is 0 Å². The molecule has 0 atom stereocenters. The standard InChI is InChI=1S/C18H17BrO3/c1-20-16-9-6-13(10-18(16)22-3)4-7-15-8-5-14(12-19)11-17(15)21-2/h5-6,8-11H,12H2,1-3H3. The van der Waals surface area contributed by atoms with Crippen LogP contribution in [-0.2, 0) is 5.33 Å². The summed E-state index contributed by atoms with van der Waals surface area (Å²) in [4.78, 5) is 0. The molecule has 0 spiro atoms. The summed E-state index contributed by atoms with van der Waals surface area (Å²) in [6.45, 7) is 0. The molecule has 2 aromatic rings. The number of halogens is 1. The SMILES string of the molecule is COc1cc(CBr)ccc1C#Cc1ccc(OC)c(OC)c1. The fourth-order valence-corrected chi connectivity index (χ4v) is 2.32. The van der Waals surface area contributed by atoms with Crippen LogP contribution in [0.5, 0.6) is 17.2 Å². The van der Waals surface area contributed by atoms with Crippen LogP contribution in [0.1, 0.15) is 16.7 Å². The Labute approximate surface area is 139 Å². The van der Waals surface area contributed by atoms with Crippen molar-refractivity contribution in [2.24, 2.45) is 0 Å². The summed E-state index contributed by atoms with van der Waals surface area (Å²) in [5.41, 5.74) is 2.85. The molecule has 0 saturated heterocycles. The zero-order valence-electron chi connectivity index (χ0n) is 12.8. The van der Waals surface area contributed by atoms with E-state index >= 15 is 0 Å². The highest BCUT2D eigenvalue weighted by molar-refractivity contribution is 9.08. The van der Waals surface area contributed by atoms with Crippen LogP contribution in [0.4, 0.5) is 0 Å². The van der Waals surface area contributed by atoms with Gasteiger partial charge in [0, 0.05) is 10.9 Å². The Morgan fingerprint density at radius 2 is 1.55 bits per heavy atom. The lowest BCUT2D eigenvalue weighted by molar-refractivity contribution is 0.355. The Kier molecular flexibility index (Phi) is 5.74. The van der Waals surface area contributed by atoms with Crippen LogP contribution in [0.15, 0.2) is 36.4 Å². The van der Waals surface area contributed by atoms with Gasteiger partial charge in [0.05, 0.1) is 26.9 Å². The van der Waals surface area contributed by atoms with E-state index < -0.39 is 0 Å². The van der Waals surface area contributed by atoms with Gasteiger partial charge >= 0.3 is 0 Å². The lowest BCUT2D eigenvalue weighted by Crippen LogP contribution is -1.91. The molecular formula is C18H17BrO3. The van der Waals surface area contributed by atoms with Gasteiger partial charge in [0.2, 0.25) is 0 Å².